The van der Waals surface area contributed by atoms with E-state index in [1.165, 1.54) is 18.2 Å². The molecule has 2 atom stereocenters. The summed E-state index contributed by atoms with van der Waals surface area (Å²) >= 11 is 6.12. The fourth-order valence-electron chi connectivity index (χ4n) is 3.50. The molecule has 0 saturated heterocycles. The number of aliphatic hydroxyl groups excluding tert-OH is 1. The van der Waals surface area contributed by atoms with Crippen LogP contribution in [-0.2, 0) is 23.7 Å². The minimum Gasteiger partial charge on any atom is -0.374 e. The number of hydrogen-bond acceptors (Lipinski definition) is 5. The molecule has 1 aromatic carbocycles. The van der Waals surface area contributed by atoms with Crippen LogP contribution < -0.4 is 5.32 Å². The molecule has 174 valence electrons. The number of hydrogen-bond donors (Lipinski definition) is 2. The fourth-order valence-corrected chi connectivity index (χ4v) is 3.72. The molecule has 6 nitrogen and oxygen atoms in total. The summed E-state index contributed by atoms with van der Waals surface area (Å²) in [6, 6.07) is 4.60. The average molecular weight is 483 g/mol. The lowest BCUT2D eigenvalue weighted by atomic mass is 9.89. The summed E-state index contributed by atoms with van der Waals surface area (Å²) in [5, 5.41) is 20.2. The number of aromatic nitrogens is 2. The first kappa shape index (κ1) is 22.9. The largest absolute Gasteiger partial charge is 0.437 e. The Balaban J connectivity index is 1.68. The molecule has 1 aliphatic heterocycles. The highest BCUT2D eigenvalue weighted by atomic mass is 35.5. The van der Waals surface area contributed by atoms with E-state index in [4.69, 9.17) is 16.4 Å². The molecule has 2 heterocycles. The standard InChI is InChI=1S/C19H17ClF6N4O2/c1-30-15(7-14(28-30)18(21,22)23)17(19(24,25)26)8-13(29-32-17)9-2-5-12(20)11(6-9)16(31)27-10-3-4-10/h2,5-7,10,16,27,31H,3-4,8H2,1H3/t16?,17-/m1/s1. The average Bonchev–Trinajstić information content (AvgIpc) is 3.21. The molecule has 1 fully saturated rings. The van der Waals surface area contributed by atoms with E-state index in [2.05, 4.69) is 15.6 Å². The van der Waals surface area contributed by atoms with Gasteiger partial charge in [0, 0.05) is 23.7 Å². The number of aliphatic hydroxyl groups is 1. The zero-order valence-corrected chi connectivity index (χ0v) is 17.2. The topological polar surface area (TPSA) is 71.7 Å². The van der Waals surface area contributed by atoms with Gasteiger partial charge >= 0.3 is 12.4 Å². The van der Waals surface area contributed by atoms with Crippen LogP contribution in [-0.4, -0.2) is 32.8 Å². The number of benzene rings is 1. The maximum Gasteiger partial charge on any atom is 0.437 e. The van der Waals surface area contributed by atoms with Crippen LogP contribution in [0.15, 0.2) is 29.4 Å². The van der Waals surface area contributed by atoms with Crippen molar-refractivity contribution in [2.24, 2.45) is 12.2 Å². The van der Waals surface area contributed by atoms with Crippen molar-refractivity contribution in [3.63, 3.8) is 0 Å². The molecule has 0 bridgehead atoms. The van der Waals surface area contributed by atoms with E-state index in [1.807, 2.05) is 0 Å². The Kier molecular flexibility index (Phi) is 5.45. The van der Waals surface area contributed by atoms with Crippen molar-refractivity contribution < 1.29 is 36.3 Å². The van der Waals surface area contributed by atoms with Crippen LogP contribution in [0.25, 0.3) is 0 Å². The number of nitrogens with one attached hydrogen (secondary N) is 1. The maximum atomic E-state index is 14.1. The van der Waals surface area contributed by atoms with Crippen LogP contribution >= 0.6 is 11.6 Å². The molecule has 1 aromatic heterocycles. The van der Waals surface area contributed by atoms with Crippen molar-refractivity contribution in [1.29, 1.82) is 0 Å². The van der Waals surface area contributed by atoms with Gasteiger partial charge in [0.25, 0.3) is 5.60 Å². The highest BCUT2D eigenvalue weighted by Crippen LogP contribution is 2.49. The van der Waals surface area contributed by atoms with Crippen LogP contribution in [0.3, 0.4) is 0 Å². The number of nitrogens with zero attached hydrogens (tertiary/aromatic N) is 3. The third-order valence-electron chi connectivity index (χ3n) is 5.36. The van der Waals surface area contributed by atoms with Gasteiger partial charge in [-0.3, -0.25) is 10.00 Å². The lowest BCUT2D eigenvalue weighted by molar-refractivity contribution is -0.278. The van der Waals surface area contributed by atoms with E-state index in [0.717, 1.165) is 19.9 Å². The first-order valence-corrected chi connectivity index (χ1v) is 9.87. The van der Waals surface area contributed by atoms with E-state index in [9.17, 15) is 31.4 Å². The Morgan fingerprint density at radius 1 is 1.22 bits per heavy atom. The van der Waals surface area contributed by atoms with Gasteiger partial charge in [-0.15, -0.1) is 0 Å². The van der Waals surface area contributed by atoms with Crippen molar-refractivity contribution in [3.05, 3.63) is 51.8 Å². The molecule has 0 amide bonds. The minimum atomic E-state index is -5.10. The Hall–Kier alpha value is -2.31. The maximum absolute atomic E-state index is 14.1. The molecular weight excluding hydrogens is 466 g/mol. The highest BCUT2D eigenvalue weighted by Gasteiger charge is 2.64. The molecule has 0 spiro atoms. The Bertz CT molecular complexity index is 1060. The van der Waals surface area contributed by atoms with Gasteiger partial charge in [-0.05, 0) is 36.6 Å². The van der Waals surface area contributed by atoms with Crippen molar-refractivity contribution in [2.75, 3.05) is 0 Å². The van der Waals surface area contributed by atoms with E-state index in [-0.39, 0.29) is 27.9 Å². The van der Waals surface area contributed by atoms with Crippen molar-refractivity contribution >= 4 is 17.3 Å². The van der Waals surface area contributed by atoms with Gasteiger partial charge in [-0.1, -0.05) is 22.8 Å². The molecule has 0 radical (unpaired) electrons. The minimum absolute atomic E-state index is 0.127. The SMILES string of the molecule is Cn1nc(C(F)(F)F)cc1[C@@]1(C(F)(F)F)CC(c2ccc(Cl)c(C(O)NC3CC3)c2)=NO1. The summed E-state index contributed by atoms with van der Waals surface area (Å²) < 4.78 is 81.9. The molecule has 1 aliphatic carbocycles. The zero-order chi connectivity index (χ0) is 23.5. The van der Waals surface area contributed by atoms with Gasteiger partial charge in [0.1, 0.15) is 6.23 Å². The molecule has 2 N–H and O–H groups in total. The van der Waals surface area contributed by atoms with Gasteiger partial charge in [0.15, 0.2) is 5.69 Å². The summed E-state index contributed by atoms with van der Waals surface area (Å²) in [5.74, 6) is 0. The highest BCUT2D eigenvalue weighted by molar-refractivity contribution is 6.31. The van der Waals surface area contributed by atoms with Crippen molar-refractivity contribution in [3.8, 4) is 0 Å². The van der Waals surface area contributed by atoms with E-state index in [0.29, 0.717) is 10.7 Å². The second kappa shape index (κ2) is 7.63. The predicted octanol–water partition coefficient (Wildman–Crippen LogP) is 4.42. The second-order valence-corrected chi connectivity index (χ2v) is 8.15. The summed E-state index contributed by atoms with van der Waals surface area (Å²) in [6.07, 6.45) is -10.3. The van der Waals surface area contributed by atoms with Crippen LogP contribution in [0.1, 0.15) is 48.0 Å². The summed E-state index contributed by atoms with van der Waals surface area (Å²) in [4.78, 5) is 4.79. The summed E-state index contributed by atoms with van der Waals surface area (Å²) in [6.45, 7) is 0. The lowest BCUT2D eigenvalue weighted by Gasteiger charge is -2.28. The Labute approximate surface area is 182 Å². The van der Waals surface area contributed by atoms with Gasteiger partial charge < -0.3 is 9.94 Å². The number of alkyl halides is 6. The number of oxime groups is 1. The van der Waals surface area contributed by atoms with Gasteiger partial charge in [0.05, 0.1) is 17.8 Å². The molecule has 13 heteroatoms. The smallest absolute Gasteiger partial charge is 0.374 e. The number of halogens is 7. The van der Waals surface area contributed by atoms with Gasteiger partial charge in [-0.25, -0.2) is 0 Å². The summed E-state index contributed by atoms with van der Waals surface area (Å²) in [5.41, 5.74) is -5.19. The van der Waals surface area contributed by atoms with E-state index in [1.54, 1.807) is 0 Å². The van der Waals surface area contributed by atoms with Crippen LogP contribution in [0, 0.1) is 0 Å². The van der Waals surface area contributed by atoms with Crippen molar-refractivity contribution in [1.82, 2.24) is 15.1 Å². The Morgan fingerprint density at radius 2 is 1.91 bits per heavy atom. The molecule has 2 aliphatic rings. The van der Waals surface area contributed by atoms with Gasteiger partial charge in [-0.2, -0.15) is 31.4 Å². The fraction of sp³-hybridized carbons (Fsp3) is 0.474. The number of rotatable bonds is 5. The molecule has 2 aromatic rings. The molecule has 1 unspecified atom stereocenters. The summed E-state index contributed by atoms with van der Waals surface area (Å²) in [7, 11) is 0.972. The molecule has 1 saturated carbocycles. The third kappa shape index (κ3) is 4.06. The normalized spacial score (nSPS) is 22.6. The third-order valence-corrected chi connectivity index (χ3v) is 5.71. The molecule has 32 heavy (non-hydrogen) atoms. The first-order valence-electron chi connectivity index (χ1n) is 9.49. The van der Waals surface area contributed by atoms with Crippen LogP contribution in [0.4, 0.5) is 26.3 Å². The molecule has 4 rings (SSSR count). The van der Waals surface area contributed by atoms with Crippen LogP contribution in [0.5, 0.6) is 0 Å². The van der Waals surface area contributed by atoms with E-state index >= 15 is 0 Å². The van der Waals surface area contributed by atoms with Gasteiger partial charge in [0.2, 0.25) is 0 Å². The second-order valence-electron chi connectivity index (χ2n) is 7.75. The van der Waals surface area contributed by atoms with Crippen molar-refractivity contribution in [2.45, 2.75) is 49.5 Å². The quantitative estimate of drug-likeness (QED) is 0.489. The Morgan fingerprint density at radius 3 is 2.47 bits per heavy atom. The van der Waals surface area contributed by atoms with Crippen LogP contribution in [0.2, 0.25) is 5.02 Å². The number of aryl methyl sites for hydroxylation is 1. The first-order chi connectivity index (χ1) is 14.8. The zero-order valence-electron chi connectivity index (χ0n) is 16.4. The monoisotopic (exact) mass is 482 g/mol. The lowest BCUT2D eigenvalue weighted by Crippen LogP contribution is -2.44. The predicted molar refractivity (Wildman–Crippen MR) is 101 cm³/mol. The molecular formula is C19H17ClF6N4O2. The van der Waals surface area contributed by atoms with E-state index < -0.39 is 42.0 Å².